The van der Waals surface area contributed by atoms with Crippen LogP contribution in [0.4, 0.5) is 5.69 Å². The van der Waals surface area contributed by atoms with Gasteiger partial charge in [0.15, 0.2) is 6.10 Å². The molecule has 126 valence electrons. The molecular formula is C14H19N3O5S. The van der Waals surface area contributed by atoms with Crippen LogP contribution in [0.5, 0.6) is 5.75 Å². The van der Waals surface area contributed by atoms with Crippen LogP contribution in [0.1, 0.15) is 6.42 Å². The number of para-hydroxylation sites is 2. The monoisotopic (exact) mass is 341 g/mol. The fourth-order valence-electron chi connectivity index (χ4n) is 1.97. The summed E-state index contributed by atoms with van der Waals surface area (Å²) in [4.78, 5) is 23.7. The van der Waals surface area contributed by atoms with Crippen LogP contribution in [0, 0.1) is 0 Å². The molecule has 0 aromatic heterocycles. The number of nitrogens with one attached hydrogen (secondary N) is 2. The number of carbonyl (C=O) groups excluding carboxylic acids is 2. The standard InChI is InChI=1S/C14H19N3O5S/c1-17(2)23(20,21)8-7-15-13(18)9-12-14(19)16-10-5-3-4-6-11(10)22-12/h3-6,12H,7-9H2,1-2H3,(H,15,18)(H,16,19). The van der Waals surface area contributed by atoms with Gasteiger partial charge in [-0.1, -0.05) is 12.1 Å². The van der Waals surface area contributed by atoms with Crippen molar-refractivity contribution in [1.29, 1.82) is 0 Å². The lowest BCUT2D eigenvalue weighted by Gasteiger charge is -2.25. The van der Waals surface area contributed by atoms with E-state index in [4.69, 9.17) is 4.74 Å². The van der Waals surface area contributed by atoms with Crippen molar-refractivity contribution in [3.63, 3.8) is 0 Å². The third-order valence-corrected chi connectivity index (χ3v) is 5.15. The van der Waals surface area contributed by atoms with Gasteiger partial charge in [-0.25, -0.2) is 12.7 Å². The Kier molecular flexibility index (Phi) is 5.22. The van der Waals surface area contributed by atoms with Crippen molar-refractivity contribution >= 4 is 27.5 Å². The third-order valence-electron chi connectivity index (χ3n) is 3.32. The van der Waals surface area contributed by atoms with Crippen LogP contribution in [-0.4, -0.2) is 57.0 Å². The number of amides is 2. The lowest BCUT2D eigenvalue weighted by molar-refractivity contribution is -0.130. The van der Waals surface area contributed by atoms with Crippen LogP contribution in [0.15, 0.2) is 24.3 Å². The van der Waals surface area contributed by atoms with E-state index in [0.29, 0.717) is 11.4 Å². The van der Waals surface area contributed by atoms with E-state index in [1.54, 1.807) is 24.3 Å². The van der Waals surface area contributed by atoms with E-state index >= 15 is 0 Å². The molecule has 1 aromatic rings. The van der Waals surface area contributed by atoms with Crippen molar-refractivity contribution in [2.45, 2.75) is 12.5 Å². The summed E-state index contributed by atoms with van der Waals surface area (Å²) in [6, 6.07) is 6.93. The third kappa shape index (κ3) is 4.42. The summed E-state index contributed by atoms with van der Waals surface area (Å²) in [6.45, 7) is -0.0235. The quantitative estimate of drug-likeness (QED) is 0.744. The number of fused-ring (bicyclic) bond motifs is 1. The molecule has 23 heavy (non-hydrogen) atoms. The van der Waals surface area contributed by atoms with Crippen LogP contribution in [-0.2, 0) is 19.6 Å². The number of nitrogens with zero attached hydrogens (tertiary/aromatic N) is 1. The minimum absolute atomic E-state index is 0.0235. The minimum Gasteiger partial charge on any atom is -0.478 e. The molecule has 0 radical (unpaired) electrons. The second kappa shape index (κ2) is 6.97. The molecule has 9 heteroatoms. The van der Waals surface area contributed by atoms with Crippen LogP contribution in [0.3, 0.4) is 0 Å². The first-order valence-corrected chi connectivity index (χ1v) is 8.64. The van der Waals surface area contributed by atoms with E-state index in [1.807, 2.05) is 0 Å². The van der Waals surface area contributed by atoms with Crippen molar-refractivity contribution in [3.8, 4) is 5.75 Å². The summed E-state index contributed by atoms with van der Waals surface area (Å²) >= 11 is 0. The average Bonchev–Trinajstić information content (AvgIpc) is 2.47. The van der Waals surface area contributed by atoms with Crippen LogP contribution in [0.25, 0.3) is 0 Å². The average molecular weight is 341 g/mol. The highest BCUT2D eigenvalue weighted by molar-refractivity contribution is 7.89. The fraction of sp³-hybridized carbons (Fsp3) is 0.429. The van der Waals surface area contributed by atoms with E-state index in [0.717, 1.165) is 4.31 Å². The second-order valence-electron chi connectivity index (χ2n) is 5.24. The molecule has 1 unspecified atom stereocenters. The summed E-state index contributed by atoms with van der Waals surface area (Å²) < 4.78 is 29.7. The van der Waals surface area contributed by atoms with E-state index in [-0.39, 0.29) is 18.7 Å². The molecule has 0 fully saturated rings. The van der Waals surface area contributed by atoms with E-state index in [1.165, 1.54) is 14.1 Å². The molecule has 1 heterocycles. The molecule has 0 bridgehead atoms. The van der Waals surface area contributed by atoms with Gasteiger partial charge in [-0.2, -0.15) is 0 Å². The van der Waals surface area contributed by atoms with E-state index in [9.17, 15) is 18.0 Å². The Morgan fingerprint density at radius 2 is 2.04 bits per heavy atom. The first-order valence-electron chi connectivity index (χ1n) is 7.03. The number of carbonyl (C=O) groups is 2. The topological polar surface area (TPSA) is 105 Å². The van der Waals surface area contributed by atoms with Gasteiger partial charge in [0.1, 0.15) is 5.75 Å². The SMILES string of the molecule is CN(C)S(=O)(=O)CCNC(=O)CC1Oc2ccccc2NC1=O. The van der Waals surface area contributed by atoms with E-state index in [2.05, 4.69) is 10.6 Å². The maximum atomic E-state index is 11.9. The van der Waals surface area contributed by atoms with Gasteiger partial charge in [0.25, 0.3) is 5.91 Å². The Hall–Kier alpha value is -2.13. The van der Waals surface area contributed by atoms with Gasteiger partial charge in [-0.05, 0) is 12.1 Å². The number of ether oxygens (including phenoxy) is 1. The summed E-state index contributed by atoms with van der Waals surface area (Å²) in [7, 11) is -0.519. The number of sulfonamides is 1. The van der Waals surface area contributed by atoms with Crippen molar-refractivity contribution in [3.05, 3.63) is 24.3 Å². The normalized spacial score (nSPS) is 17.2. The molecule has 0 saturated carbocycles. The van der Waals surface area contributed by atoms with Crippen LogP contribution >= 0.6 is 0 Å². The van der Waals surface area contributed by atoms with Gasteiger partial charge in [0, 0.05) is 20.6 Å². The molecule has 8 nitrogen and oxygen atoms in total. The second-order valence-corrected chi connectivity index (χ2v) is 7.55. The maximum Gasteiger partial charge on any atom is 0.266 e. The summed E-state index contributed by atoms with van der Waals surface area (Å²) in [5.41, 5.74) is 0.561. The lowest BCUT2D eigenvalue weighted by Crippen LogP contribution is -2.42. The molecular weight excluding hydrogens is 322 g/mol. The Labute approximate surface area is 134 Å². The van der Waals surface area contributed by atoms with Gasteiger partial charge in [0.05, 0.1) is 17.9 Å². The molecule has 2 amide bonds. The predicted octanol–water partition coefficient (Wildman–Crippen LogP) is -0.216. The van der Waals surface area contributed by atoms with Gasteiger partial charge in [-0.3, -0.25) is 9.59 Å². The first-order chi connectivity index (χ1) is 10.8. The summed E-state index contributed by atoms with van der Waals surface area (Å²) in [5.74, 6) is -0.551. The van der Waals surface area contributed by atoms with Gasteiger partial charge >= 0.3 is 0 Å². The highest BCUT2D eigenvalue weighted by Gasteiger charge is 2.29. The molecule has 1 aliphatic heterocycles. The summed E-state index contributed by atoms with van der Waals surface area (Å²) in [6.07, 6.45) is -1.11. The van der Waals surface area contributed by atoms with Crippen molar-refractivity contribution in [2.75, 3.05) is 31.7 Å². The zero-order valence-electron chi connectivity index (χ0n) is 12.9. The lowest BCUT2D eigenvalue weighted by atomic mass is 10.1. The molecule has 0 saturated heterocycles. The Bertz CT molecular complexity index is 702. The highest BCUT2D eigenvalue weighted by atomic mass is 32.2. The van der Waals surface area contributed by atoms with Gasteiger partial charge in [-0.15, -0.1) is 0 Å². The van der Waals surface area contributed by atoms with Crippen molar-refractivity contribution in [2.24, 2.45) is 0 Å². The van der Waals surface area contributed by atoms with Crippen LogP contribution < -0.4 is 15.4 Å². The van der Waals surface area contributed by atoms with Gasteiger partial charge < -0.3 is 15.4 Å². The Morgan fingerprint density at radius 3 is 2.74 bits per heavy atom. The molecule has 1 aromatic carbocycles. The number of anilines is 1. The zero-order valence-corrected chi connectivity index (χ0v) is 13.7. The molecule has 0 aliphatic carbocycles. The molecule has 1 atom stereocenters. The van der Waals surface area contributed by atoms with Crippen molar-refractivity contribution < 1.29 is 22.7 Å². The smallest absolute Gasteiger partial charge is 0.266 e. The fourth-order valence-corrected chi connectivity index (χ4v) is 2.69. The molecule has 1 aliphatic rings. The molecule has 0 spiro atoms. The number of rotatable bonds is 6. The minimum atomic E-state index is -3.37. The van der Waals surface area contributed by atoms with Crippen molar-refractivity contribution in [1.82, 2.24) is 9.62 Å². The first kappa shape index (κ1) is 17.2. The number of benzene rings is 1. The van der Waals surface area contributed by atoms with Gasteiger partial charge in [0.2, 0.25) is 15.9 Å². The van der Waals surface area contributed by atoms with Crippen LogP contribution in [0.2, 0.25) is 0 Å². The molecule has 2 rings (SSSR count). The summed E-state index contributed by atoms with van der Waals surface area (Å²) in [5, 5.41) is 5.14. The van der Waals surface area contributed by atoms with E-state index < -0.39 is 27.9 Å². The Morgan fingerprint density at radius 1 is 1.35 bits per heavy atom. The largest absolute Gasteiger partial charge is 0.478 e. The molecule has 2 N–H and O–H groups in total. The maximum absolute atomic E-state index is 11.9. The number of hydrogen-bond acceptors (Lipinski definition) is 5. The zero-order chi connectivity index (χ0) is 17.0. The number of hydrogen-bond donors (Lipinski definition) is 2. The predicted molar refractivity (Wildman–Crippen MR) is 84.6 cm³/mol. The highest BCUT2D eigenvalue weighted by Crippen LogP contribution is 2.29. The Balaban J connectivity index is 1.85.